The van der Waals surface area contributed by atoms with E-state index in [0.717, 1.165) is 6.54 Å². The summed E-state index contributed by atoms with van der Waals surface area (Å²) < 4.78 is 0. The number of pyridine rings is 1. The van der Waals surface area contributed by atoms with Crippen LogP contribution < -0.4 is 5.73 Å². The first-order valence-corrected chi connectivity index (χ1v) is 6.20. The van der Waals surface area contributed by atoms with Gasteiger partial charge in [0.05, 0.1) is 17.4 Å². The molecule has 0 bridgehead atoms. The lowest BCUT2D eigenvalue weighted by Gasteiger charge is -2.21. The van der Waals surface area contributed by atoms with E-state index in [1.165, 1.54) is 19.0 Å². The Morgan fingerprint density at radius 2 is 2.35 bits per heavy atom. The lowest BCUT2D eigenvalue weighted by atomic mass is 10.2. The molecule has 1 aliphatic carbocycles. The molecule has 1 aromatic rings. The first kappa shape index (κ1) is 12.2. The molecule has 0 aliphatic heterocycles. The molecule has 5 heteroatoms. The van der Waals surface area contributed by atoms with Crippen LogP contribution in [0.15, 0.2) is 12.3 Å². The van der Waals surface area contributed by atoms with Crippen molar-refractivity contribution in [1.29, 1.82) is 0 Å². The molecule has 1 aliphatic rings. The number of amides is 1. The molecule has 0 aromatic carbocycles. The highest BCUT2D eigenvalue weighted by atomic mass is 35.5. The number of hydrogen-bond acceptors (Lipinski definition) is 3. The monoisotopic (exact) mass is 253 g/mol. The zero-order valence-electron chi connectivity index (χ0n) is 9.82. The van der Waals surface area contributed by atoms with E-state index in [1.807, 2.05) is 6.92 Å². The van der Waals surface area contributed by atoms with Crippen LogP contribution in [0.2, 0.25) is 5.15 Å². The number of hydrogen-bond donors (Lipinski definition) is 1. The van der Waals surface area contributed by atoms with Crippen LogP contribution in [0, 0.1) is 5.92 Å². The number of anilines is 1. The van der Waals surface area contributed by atoms with Crippen molar-refractivity contribution in [3.05, 3.63) is 23.0 Å². The van der Waals surface area contributed by atoms with Crippen LogP contribution in [0.4, 0.5) is 5.69 Å². The van der Waals surface area contributed by atoms with Crippen LogP contribution in [-0.2, 0) is 0 Å². The molecule has 1 saturated carbocycles. The van der Waals surface area contributed by atoms with E-state index in [-0.39, 0.29) is 11.1 Å². The van der Waals surface area contributed by atoms with Gasteiger partial charge in [0, 0.05) is 13.1 Å². The Balaban J connectivity index is 2.18. The maximum Gasteiger partial charge on any atom is 0.257 e. The Hall–Kier alpha value is -1.29. The van der Waals surface area contributed by atoms with E-state index in [4.69, 9.17) is 17.3 Å². The number of aromatic nitrogens is 1. The summed E-state index contributed by atoms with van der Waals surface area (Å²) in [7, 11) is 0. The molecule has 1 aromatic heterocycles. The molecule has 1 amide bonds. The van der Waals surface area contributed by atoms with Gasteiger partial charge in [-0.25, -0.2) is 4.98 Å². The first-order chi connectivity index (χ1) is 8.11. The minimum Gasteiger partial charge on any atom is -0.397 e. The molecule has 1 fully saturated rings. The van der Waals surface area contributed by atoms with Crippen molar-refractivity contribution in [2.24, 2.45) is 5.92 Å². The van der Waals surface area contributed by atoms with E-state index in [1.54, 1.807) is 11.0 Å². The fraction of sp³-hybridized carbons (Fsp3) is 0.500. The van der Waals surface area contributed by atoms with Crippen molar-refractivity contribution in [3.63, 3.8) is 0 Å². The Kier molecular flexibility index (Phi) is 3.52. The predicted octanol–water partition coefficient (Wildman–Crippen LogP) is 2.19. The first-order valence-electron chi connectivity index (χ1n) is 5.82. The number of halogens is 1. The Morgan fingerprint density at radius 1 is 1.65 bits per heavy atom. The third-order valence-electron chi connectivity index (χ3n) is 2.94. The maximum atomic E-state index is 12.3. The number of carbonyl (C=O) groups is 1. The Morgan fingerprint density at radius 3 is 2.94 bits per heavy atom. The molecule has 2 rings (SSSR count). The molecule has 17 heavy (non-hydrogen) atoms. The van der Waals surface area contributed by atoms with Gasteiger partial charge in [-0.2, -0.15) is 0 Å². The summed E-state index contributed by atoms with van der Waals surface area (Å²) in [6.07, 6.45) is 3.88. The van der Waals surface area contributed by atoms with Crippen LogP contribution in [-0.4, -0.2) is 28.9 Å². The minimum atomic E-state index is -0.0794. The quantitative estimate of drug-likeness (QED) is 0.837. The van der Waals surface area contributed by atoms with Crippen LogP contribution in [0.25, 0.3) is 0 Å². The van der Waals surface area contributed by atoms with Crippen molar-refractivity contribution in [1.82, 2.24) is 9.88 Å². The lowest BCUT2D eigenvalue weighted by molar-refractivity contribution is 0.0756. The number of nitrogens with zero attached hydrogens (tertiary/aromatic N) is 2. The molecule has 0 saturated heterocycles. The van der Waals surface area contributed by atoms with Crippen molar-refractivity contribution in [3.8, 4) is 0 Å². The Labute approximate surface area is 106 Å². The summed E-state index contributed by atoms with van der Waals surface area (Å²) in [6, 6.07) is 1.59. The summed E-state index contributed by atoms with van der Waals surface area (Å²) in [5.74, 6) is 0.580. The molecule has 0 radical (unpaired) electrons. The van der Waals surface area contributed by atoms with E-state index >= 15 is 0 Å². The summed E-state index contributed by atoms with van der Waals surface area (Å²) in [4.78, 5) is 18.0. The molecule has 0 spiro atoms. The van der Waals surface area contributed by atoms with E-state index in [9.17, 15) is 4.79 Å². The summed E-state index contributed by atoms with van der Waals surface area (Å²) in [5, 5.41) is 0.221. The van der Waals surface area contributed by atoms with Gasteiger partial charge >= 0.3 is 0 Å². The van der Waals surface area contributed by atoms with Crippen LogP contribution in [0.5, 0.6) is 0 Å². The summed E-state index contributed by atoms with van der Waals surface area (Å²) in [5.41, 5.74) is 6.48. The number of carbonyl (C=O) groups excluding carboxylic acids is 1. The average molecular weight is 254 g/mol. The highest BCUT2D eigenvalue weighted by Crippen LogP contribution is 2.30. The number of nitrogens with two attached hydrogens (primary N) is 1. The van der Waals surface area contributed by atoms with Gasteiger partial charge in [-0.1, -0.05) is 11.6 Å². The second kappa shape index (κ2) is 4.92. The third kappa shape index (κ3) is 2.88. The molecule has 4 nitrogen and oxygen atoms in total. The normalized spacial score (nSPS) is 14.7. The Bertz CT molecular complexity index is 432. The zero-order chi connectivity index (χ0) is 12.4. The largest absolute Gasteiger partial charge is 0.397 e. The van der Waals surface area contributed by atoms with Gasteiger partial charge < -0.3 is 10.6 Å². The lowest BCUT2D eigenvalue weighted by Crippen LogP contribution is -2.33. The summed E-state index contributed by atoms with van der Waals surface area (Å²) >= 11 is 5.93. The van der Waals surface area contributed by atoms with Crippen LogP contribution in [0.3, 0.4) is 0 Å². The highest BCUT2D eigenvalue weighted by Gasteiger charge is 2.27. The average Bonchev–Trinajstić information content (AvgIpc) is 3.12. The molecule has 1 heterocycles. The molecule has 92 valence electrons. The van der Waals surface area contributed by atoms with Gasteiger partial charge in [0.25, 0.3) is 5.91 Å². The van der Waals surface area contributed by atoms with Gasteiger partial charge in [-0.3, -0.25) is 4.79 Å². The zero-order valence-corrected chi connectivity index (χ0v) is 10.6. The fourth-order valence-electron chi connectivity index (χ4n) is 1.75. The van der Waals surface area contributed by atoms with Gasteiger partial charge in [0.1, 0.15) is 5.15 Å². The molecular weight excluding hydrogens is 238 g/mol. The van der Waals surface area contributed by atoms with Crippen molar-refractivity contribution in [2.45, 2.75) is 19.8 Å². The fourth-order valence-corrected chi connectivity index (χ4v) is 1.94. The minimum absolute atomic E-state index is 0.0794. The van der Waals surface area contributed by atoms with E-state index in [0.29, 0.717) is 23.7 Å². The van der Waals surface area contributed by atoms with Gasteiger partial charge in [-0.15, -0.1) is 0 Å². The highest BCUT2D eigenvalue weighted by molar-refractivity contribution is 6.32. The summed E-state index contributed by atoms with van der Waals surface area (Å²) in [6.45, 7) is 3.45. The van der Waals surface area contributed by atoms with Gasteiger partial charge in [-0.05, 0) is 31.7 Å². The standard InChI is InChI=1S/C12H16ClN3O/c1-2-16(7-8-3-4-8)12(17)10-5-9(14)6-15-11(10)13/h5-6,8H,2-4,7,14H2,1H3. The van der Waals surface area contributed by atoms with E-state index < -0.39 is 0 Å². The SMILES string of the molecule is CCN(CC1CC1)C(=O)c1cc(N)cnc1Cl. The second-order valence-electron chi connectivity index (χ2n) is 4.39. The van der Waals surface area contributed by atoms with Crippen molar-refractivity contribution in [2.75, 3.05) is 18.8 Å². The van der Waals surface area contributed by atoms with E-state index in [2.05, 4.69) is 4.98 Å². The van der Waals surface area contributed by atoms with Crippen molar-refractivity contribution < 1.29 is 4.79 Å². The number of nitrogen functional groups attached to an aromatic ring is 1. The molecular formula is C12H16ClN3O. The predicted molar refractivity (Wildman–Crippen MR) is 68.0 cm³/mol. The topological polar surface area (TPSA) is 59.2 Å². The van der Waals surface area contributed by atoms with Gasteiger partial charge in [0.15, 0.2) is 0 Å². The molecule has 0 atom stereocenters. The second-order valence-corrected chi connectivity index (χ2v) is 4.75. The third-order valence-corrected chi connectivity index (χ3v) is 3.24. The maximum absolute atomic E-state index is 12.3. The van der Waals surface area contributed by atoms with Crippen LogP contribution in [0.1, 0.15) is 30.1 Å². The molecule has 0 unspecified atom stereocenters. The molecule has 2 N–H and O–H groups in total. The van der Waals surface area contributed by atoms with Crippen molar-refractivity contribution >= 4 is 23.2 Å². The van der Waals surface area contributed by atoms with Crippen LogP contribution >= 0.6 is 11.6 Å². The smallest absolute Gasteiger partial charge is 0.257 e. The van der Waals surface area contributed by atoms with Gasteiger partial charge in [0.2, 0.25) is 0 Å². The number of rotatable bonds is 4.